The van der Waals surface area contributed by atoms with E-state index < -0.39 is 5.97 Å². The van der Waals surface area contributed by atoms with E-state index >= 15 is 0 Å². The van der Waals surface area contributed by atoms with Crippen LogP contribution in [0.15, 0.2) is 4.52 Å². The Morgan fingerprint density at radius 1 is 1.55 bits per heavy atom. The van der Waals surface area contributed by atoms with Gasteiger partial charge in [-0.25, -0.2) is 0 Å². The number of carboxylic acid groups (broad SMARTS) is 1. The summed E-state index contributed by atoms with van der Waals surface area (Å²) in [6.45, 7) is 8.87. The van der Waals surface area contributed by atoms with Crippen molar-refractivity contribution in [2.24, 2.45) is 11.8 Å². The molecule has 2 unspecified atom stereocenters. The van der Waals surface area contributed by atoms with Gasteiger partial charge in [0.2, 0.25) is 0 Å². The van der Waals surface area contributed by atoms with Gasteiger partial charge in [0.25, 0.3) is 0 Å². The highest BCUT2D eigenvalue weighted by Crippen LogP contribution is 2.27. The Labute approximate surface area is 119 Å². The smallest absolute Gasteiger partial charge is 0.303 e. The number of piperidine rings is 1. The van der Waals surface area contributed by atoms with E-state index in [-0.39, 0.29) is 12.3 Å². The summed E-state index contributed by atoms with van der Waals surface area (Å²) >= 11 is 0. The van der Waals surface area contributed by atoms with Gasteiger partial charge in [0.15, 0.2) is 0 Å². The minimum atomic E-state index is -0.694. The second-order valence-corrected chi connectivity index (χ2v) is 6.02. The number of aliphatic carboxylic acids is 1. The van der Waals surface area contributed by atoms with Gasteiger partial charge >= 0.3 is 5.97 Å². The molecule has 1 N–H and O–H groups in total. The van der Waals surface area contributed by atoms with Crippen molar-refractivity contribution in [1.82, 2.24) is 10.1 Å². The molecule has 1 fully saturated rings. The van der Waals surface area contributed by atoms with Crippen molar-refractivity contribution >= 4 is 5.97 Å². The van der Waals surface area contributed by atoms with Crippen molar-refractivity contribution in [1.29, 1.82) is 0 Å². The van der Waals surface area contributed by atoms with Crippen LogP contribution < -0.4 is 0 Å². The Morgan fingerprint density at radius 2 is 2.30 bits per heavy atom. The van der Waals surface area contributed by atoms with E-state index in [1.807, 2.05) is 13.8 Å². The monoisotopic (exact) mass is 280 g/mol. The van der Waals surface area contributed by atoms with Crippen LogP contribution in [0.2, 0.25) is 0 Å². The number of aromatic nitrogens is 1. The molecular formula is C15H24N2O3. The molecule has 2 atom stereocenters. The third-order valence-electron chi connectivity index (χ3n) is 4.41. The van der Waals surface area contributed by atoms with Crippen LogP contribution in [-0.2, 0) is 11.3 Å². The van der Waals surface area contributed by atoms with Gasteiger partial charge in [-0.1, -0.05) is 12.1 Å². The van der Waals surface area contributed by atoms with Gasteiger partial charge in [0.05, 0.1) is 5.69 Å². The largest absolute Gasteiger partial charge is 0.481 e. The lowest BCUT2D eigenvalue weighted by molar-refractivity contribution is -0.138. The standard InChI is InChI=1S/C15H24N2O3/c1-10(7-15(18)19)13-5-4-6-17(8-13)9-14-11(2)16-20-12(14)3/h10,13H,4-9H2,1-3H3,(H,18,19). The summed E-state index contributed by atoms with van der Waals surface area (Å²) in [4.78, 5) is 13.2. The number of hydrogen-bond acceptors (Lipinski definition) is 4. The lowest BCUT2D eigenvalue weighted by Gasteiger charge is -2.35. The molecule has 0 saturated carbocycles. The van der Waals surface area contributed by atoms with Gasteiger partial charge in [-0.2, -0.15) is 0 Å². The Hall–Kier alpha value is -1.36. The fraction of sp³-hybridized carbons (Fsp3) is 0.733. The number of nitrogens with zero attached hydrogens (tertiary/aromatic N) is 2. The lowest BCUT2D eigenvalue weighted by Crippen LogP contribution is -2.38. The SMILES string of the molecule is Cc1noc(C)c1CN1CCCC(C(C)CC(=O)O)C1. The fourth-order valence-corrected chi connectivity index (χ4v) is 3.09. The van der Waals surface area contributed by atoms with Crippen LogP contribution >= 0.6 is 0 Å². The van der Waals surface area contributed by atoms with Crippen LogP contribution in [-0.4, -0.2) is 34.2 Å². The van der Waals surface area contributed by atoms with E-state index in [0.717, 1.165) is 43.9 Å². The highest BCUT2D eigenvalue weighted by molar-refractivity contribution is 5.67. The second kappa shape index (κ2) is 6.39. The molecule has 5 heteroatoms. The molecule has 5 nitrogen and oxygen atoms in total. The van der Waals surface area contributed by atoms with E-state index in [1.54, 1.807) is 0 Å². The second-order valence-electron chi connectivity index (χ2n) is 6.02. The molecule has 0 spiro atoms. The summed E-state index contributed by atoms with van der Waals surface area (Å²) in [7, 11) is 0. The van der Waals surface area contributed by atoms with Crippen LogP contribution in [0.25, 0.3) is 0 Å². The molecule has 0 bridgehead atoms. The Bertz CT molecular complexity index is 450. The molecule has 0 aromatic carbocycles. The third kappa shape index (κ3) is 3.60. The average molecular weight is 280 g/mol. The van der Waals surface area contributed by atoms with Crippen LogP contribution in [0.4, 0.5) is 0 Å². The van der Waals surface area contributed by atoms with E-state index in [4.69, 9.17) is 9.63 Å². The number of likely N-dealkylation sites (tertiary alicyclic amines) is 1. The molecule has 1 aromatic heterocycles. The molecule has 0 radical (unpaired) electrons. The number of carbonyl (C=O) groups is 1. The highest BCUT2D eigenvalue weighted by atomic mass is 16.5. The maximum absolute atomic E-state index is 10.8. The zero-order chi connectivity index (χ0) is 14.7. The summed E-state index contributed by atoms with van der Waals surface area (Å²) in [6.07, 6.45) is 2.54. The number of rotatable bonds is 5. The van der Waals surface area contributed by atoms with Crippen molar-refractivity contribution in [2.75, 3.05) is 13.1 Å². The molecule has 1 aromatic rings. The first-order chi connectivity index (χ1) is 9.47. The normalized spacial score (nSPS) is 21.9. The first kappa shape index (κ1) is 15.0. The molecule has 1 aliphatic heterocycles. The molecule has 2 heterocycles. The first-order valence-electron chi connectivity index (χ1n) is 7.33. The molecule has 0 aliphatic carbocycles. The molecular weight excluding hydrogens is 256 g/mol. The molecule has 0 amide bonds. The van der Waals surface area contributed by atoms with Crippen LogP contribution in [0.5, 0.6) is 0 Å². The zero-order valence-electron chi connectivity index (χ0n) is 12.6. The quantitative estimate of drug-likeness (QED) is 0.898. The molecule has 1 saturated heterocycles. The number of aryl methyl sites for hydroxylation is 2. The van der Waals surface area contributed by atoms with E-state index in [1.165, 1.54) is 5.56 Å². The van der Waals surface area contributed by atoms with Gasteiger partial charge in [-0.05, 0) is 45.1 Å². The van der Waals surface area contributed by atoms with E-state index in [9.17, 15) is 4.79 Å². The predicted molar refractivity (Wildman–Crippen MR) is 75.4 cm³/mol. The topological polar surface area (TPSA) is 66.6 Å². The van der Waals surface area contributed by atoms with Crippen LogP contribution in [0, 0.1) is 25.7 Å². The maximum Gasteiger partial charge on any atom is 0.303 e. The van der Waals surface area contributed by atoms with Gasteiger partial charge in [-0.15, -0.1) is 0 Å². The van der Waals surface area contributed by atoms with Crippen LogP contribution in [0.1, 0.15) is 43.2 Å². The Kier molecular flexibility index (Phi) is 4.81. The van der Waals surface area contributed by atoms with Gasteiger partial charge in [0.1, 0.15) is 5.76 Å². The van der Waals surface area contributed by atoms with Crippen molar-refractivity contribution < 1.29 is 14.4 Å². The van der Waals surface area contributed by atoms with Gasteiger partial charge in [-0.3, -0.25) is 9.69 Å². The molecule has 112 valence electrons. The maximum atomic E-state index is 10.8. The molecule has 20 heavy (non-hydrogen) atoms. The Morgan fingerprint density at radius 3 is 2.90 bits per heavy atom. The van der Waals surface area contributed by atoms with Crippen molar-refractivity contribution in [2.45, 2.75) is 46.6 Å². The van der Waals surface area contributed by atoms with E-state index in [0.29, 0.717) is 5.92 Å². The first-order valence-corrected chi connectivity index (χ1v) is 7.33. The predicted octanol–water partition coefficient (Wildman–Crippen LogP) is 2.61. The summed E-state index contributed by atoms with van der Waals surface area (Å²) in [5.41, 5.74) is 2.14. The van der Waals surface area contributed by atoms with Crippen molar-refractivity contribution in [3.63, 3.8) is 0 Å². The number of carboxylic acids is 1. The fourth-order valence-electron chi connectivity index (χ4n) is 3.09. The van der Waals surface area contributed by atoms with Crippen molar-refractivity contribution in [3.05, 3.63) is 17.0 Å². The summed E-state index contributed by atoms with van der Waals surface area (Å²) in [6, 6.07) is 0. The van der Waals surface area contributed by atoms with Crippen molar-refractivity contribution in [3.8, 4) is 0 Å². The highest BCUT2D eigenvalue weighted by Gasteiger charge is 2.27. The minimum Gasteiger partial charge on any atom is -0.481 e. The lowest BCUT2D eigenvalue weighted by atomic mass is 9.84. The molecule has 2 rings (SSSR count). The van der Waals surface area contributed by atoms with Gasteiger partial charge < -0.3 is 9.63 Å². The average Bonchev–Trinajstić information content (AvgIpc) is 2.70. The van der Waals surface area contributed by atoms with E-state index in [2.05, 4.69) is 17.0 Å². The van der Waals surface area contributed by atoms with Crippen LogP contribution in [0.3, 0.4) is 0 Å². The summed E-state index contributed by atoms with van der Waals surface area (Å²) in [5.74, 6) is 0.906. The molecule has 1 aliphatic rings. The van der Waals surface area contributed by atoms with Gasteiger partial charge in [0, 0.05) is 25.1 Å². The summed E-state index contributed by atoms with van der Waals surface area (Å²) in [5, 5.41) is 12.9. The summed E-state index contributed by atoms with van der Waals surface area (Å²) < 4.78 is 5.21. The Balaban J connectivity index is 1.95. The number of hydrogen-bond donors (Lipinski definition) is 1. The third-order valence-corrected chi connectivity index (χ3v) is 4.41. The minimum absolute atomic E-state index is 0.236. The zero-order valence-corrected chi connectivity index (χ0v) is 12.6.